The number of nitrogens with zero attached hydrogens (tertiary/aromatic N) is 3. The summed E-state index contributed by atoms with van der Waals surface area (Å²) in [4.78, 5) is 4.34. The first-order chi connectivity index (χ1) is 13.0. The second-order valence-corrected chi connectivity index (χ2v) is 6.37. The van der Waals surface area contributed by atoms with Crippen molar-refractivity contribution in [1.82, 2.24) is 19.9 Å². The molecule has 1 fully saturated rings. The zero-order chi connectivity index (χ0) is 18.9. The second kappa shape index (κ2) is 7.07. The number of anilines is 2. The summed E-state index contributed by atoms with van der Waals surface area (Å²) in [5.74, 6) is 0.846. The SMILES string of the molecule is FC(F)(F)c1ccc(Nc2nc3cccc(OCC4CCCN4)n3n2)cc1. The Morgan fingerprint density at radius 3 is 2.70 bits per heavy atom. The summed E-state index contributed by atoms with van der Waals surface area (Å²) in [6.07, 6.45) is -2.14. The lowest BCUT2D eigenvalue weighted by Crippen LogP contribution is -2.28. The van der Waals surface area contributed by atoms with Crippen molar-refractivity contribution in [2.45, 2.75) is 25.1 Å². The number of benzene rings is 1. The van der Waals surface area contributed by atoms with Crippen LogP contribution < -0.4 is 15.4 Å². The quantitative estimate of drug-likeness (QED) is 0.711. The highest BCUT2D eigenvalue weighted by Crippen LogP contribution is 2.30. The maximum absolute atomic E-state index is 12.6. The van der Waals surface area contributed by atoms with Crippen LogP contribution in [0.5, 0.6) is 5.88 Å². The lowest BCUT2D eigenvalue weighted by Gasteiger charge is -2.12. The number of hydrogen-bond donors (Lipinski definition) is 2. The number of fused-ring (bicyclic) bond motifs is 1. The molecule has 0 spiro atoms. The average Bonchev–Trinajstić information content (AvgIpc) is 3.29. The molecule has 3 heterocycles. The Balaban J connectivity index is 1.50. The molecule has 0 aliphatic carbocycles. The smallest absolute Gasteiger partial charge is 0.416 e. The van der Waals surface area contributed by atoms with Crippen LogP contribution in [0, 0.1) is 0 Å². The highest BCUT2D eigenvalue weighted by Gasteiger charge is 2.30. The topological polar surface area (TPSA) is 63.5 Å². The van der Waals surface area contributed by atoms with E-state index in [0.29, 0.717) is 29.9 Å². The van der Waals surface area contributed by atoms with Gasteiger partial charge in [-0.05, 0) is 49.7 Å². The molecule has 1 aliphatic heterocycles. The van der Waals surface area contributed by atoms with Crippen LogP contribution in [0.1, 0.15) is 18.4 Å². The van der Waals surface area contributed by atoms with E-state index >= 15 is 0 Å². The first-order valence-electron chi connectivity index (χ1n) is 8.65. The predicted octanol–water partition coefficient (Wildman–Crippen LogP) is 3.62. The molecule has 9 heteroatoms. The second-order valence-electron chi connectivity index (χ2n) is 6.37. The van der Waals surface area contributed by atoms with Crippen LogP contribution in [-0.4, -0.2) is 33.8 Å². The summed E-state index contributed by atoms with van der Waals surface area (Å²) in [7, 11) is 0. The molecular formula is C18H18F3N5O. The molecule has 0 amide bonds. The minimum atomic E-state index is -4.36. The Bertz CT molecular complexity index is 917. The summed E-state index contributed by atoms with van der Waals surface area (Å²) in [5, 5.41) is 10.6. The minimum Gasteiger partial charge on any atom is -0.476 e. The number of halogens is 3. The average molecular weight is 377 g/mol. The van der Waals surface area contributed by atoms with E-state index in [1.54, 1.807) is 16.6 Å². The lowest BCUT2D eigenvalue weighted by atomic mass is 10.2. The van der Waals surface area contributed by atoms with Gasteiger partial charge < -0.3 is 15.4 Å². The number of hydrogen-bond acceptors (Lipinski definition) is 5. The molecule has 3 aromatic rings. The normalized spacial score (nSPS) is 17.4. The molecule has 1 unspecified atom stereocenters. The zero-order valence-corrected chi connectivity index (χ0v) is 14.3. The van der Waals surface area contributed by atoms with Crippen molar-refractivity contribution in [1.29, 1.82) is 0 Å². The fourth-order valence-corrected chi connectivity index (χ4v) is 3.00. The molecule has 6 nitrogen and oxygen atoms in total. The van der Waals surface area contributed by atoms with Crippen LogP contribution in [-0.2, 0) is 6.18 Å². The summed E-state index contributed by atoms with van der Waals surface area (Å²) in [6, 6.07) is 10.5. The van der Waals surface area contributed by atoms with Gasteiger partial charge in [0.15, 0.2) is 5.65 Å². The van der Waals surface area contributed by atoms with E-state index in [-0.39, 0.29) is 5.95 Å². The van der Waals surface area contributed by atoms with Crippen molar-refractivity contribution in [2.75, 3.05) is 18.5 Å². The van der Waals surface area contributed by atoms with Gasteiger partial charge in [-0.1, -0.05) is 6.07 Å². The Labute approximate surface area is 153 Å². The number of ether oxygens (including phenoxy) is 1. The molecule has 1 saturated heterocycles. The van der Waals surface area contributed by atoms with Crippen LogP contribution in [0.15, 0.2) is 42.5 Å². The van der Waals surface area contributed by atoms with Crippen LogP contribution in [0.25, 0.3) is 5.65 Å². The third-order valence-corrected chi connectivity index (χ3v) is 4.39. The number of nitrogens with one attached hydrogen (secondary N) is 2. The predicted molar refractivity (Wildman–Crippen MR) is 94.2 cm³/mol. The van der Waals surface area contributed by atoms with Crippen LogP contribution >= 0.6 is 0 Å². The van der Waals surface area contributed by atoms with Gasteiger partial charge in [0.25, 0.3) is 0 Å². The van der Waals surface area contributed by atoms with E-state index in [0.717, 1.165) is 31.5 Å². The first-order valence-corrected chi connectivity index (χ1v) is 8.65. The van der Waals surface area contributed by atoms with E-state index in [9.17, 15) is 13.2 Å². The monoisotopic (exact) mass is 377 g/mol. The number of pyridine rings is 1. The van der Waals surface area contributed by atoms with Gasteiger partial charge in [0.2, 0.25) is 11.8 Å². The maximum Gasteiger partial charge on any atom is 0.416 e. The van der Waals surface area contributed by atoms with Gasteiger partial charge in [0.05, 0.1) is 5.56 Å². The van der Waals surface area contributed by atoms with Crippen molar-refractivity contribution in [3.63, 3.8) is 0 Å². The van der Waals surface area contributed by atoms with Crippen molar-refractivity contribution in [3.05, 3.63) is 48.0 Å². The van der Waals surface area contributed by atoms with E-state index in [1.165, 1.54) is 12.1 Å². The summed E-state index contributed by atoms with van der Waals surface area (Å²) in [5.41, 5.74) is 0.352. The van der Waals surface area contributed by atoms with E-state index in [2.05, 4.69) is 20.7 Å². The number of rotatable bonds is 5. The van der Waals surface area contributed by atoms with Crippen molar-refractivity contribution in [2.24, 2.45) is 0 Å². The molecule has 4 rings (SSSR count). The van der Waals surface area contributed by atoms with Crippen LogP contribution in [0.4, 0.5) is 24.8 Å². The summed E-state index contributed by atoms with van der Waals surface area (Å²) in [6.45, 7) is 1.55. The van der Waals surface area contributed by atoms with Crippen molar-refractivity contribution in [3.8, 4) is 5.88 Å². The maximum atomic E-state index is 12.6. The molecule has 2 N–H and O–H groups in total. The molecule has 1 aromatic carbocycles. The van der Waals surface area contributed by atoms with Gasteiger partial charge >= 0.3 is 6.18 Å². The third kappa shape index (κ3) is 3.97. The van der Waals surface area contributed by atoms with Crippen molar-refractivity contribution >= 4 is 17.3 Å². The number of alkyl halides is 3. The fourth-order valence-electron chi connectivity index (χ4n) is 3.00. The Hall–Kier alpha value is -2.81. The molecule has 1 aliphatic rings. The largest absolute Gasteiger partial charge is 0.476 e. The highest BCUT2D eigenvalue weighted by molar-refractivity contribution is 5.56. The molecular weight excluding hydrogens is 359 g/mol. The molecule has 1 atom stereocenters. The van der Waals surface area contributed by atoms with E-state index in [4.69, 9.17) is 4.74 Å². The van der Waals surface area contributed by atoms with Gasteiger partial charge in [0, 0.05) is 17.8 Å². The Morgan fingerprint density at radius 2 is 2.00 bits per heavy atom. The number of aromatic nitrogens is 3. The lowest BCUT2D eigenvalue weighted by molar-refractivity contribution is -0.137. The van der Waals surface area contributed by atoms with Gasteiger partial charge in [-0.15, -0.1) is 5.10 Å². The molecule has 0 radical (unpaired) electrons. The van der Waals surface area contributed by atoms with Crippen LogP contribution in [0.3, 0.4) is 0 Å². The van der Waals surface area contributed by atoms with Gasteiger partial charge in [-0.25, -0.2) is 0 Å². The first kappa shape index (κ1) is 17.6. The zero-order valence-electron chi connectivity index (χ0n) is 14.3. The van der Waals surface area contributed by atoms with Gasteiger partial charge in [-0.2, -0.15) is 22.7 Å². The minimum absolute atomic E-state index is 0.282. The van der Waals surface area contributed by atoms with Crippen molar-refractivity contribution < 1.29 is 17.9 Å². The highest BCUT2D eigenvalue weighted by atomic mass is 19.4. The van der Waals surface area contributed by atoms with E-state index in [1.807, 2.05) is 6.07 Å². The molecule has 2 aromatic heterocycles. The fraction of sp³-hybridized carbons (Fsp3) is 0.333. The molecule has 27 heavy (non-hydrogen) atoms. The Morgan fingerprint density at radius 1 is 1.19 bits per heavy atom. The third-order valence-electron chi connectivity index (χ3n) is 4.39. The molecule has 0 bridgehead atoms. The standard InChI is InChI=1S/C18H18F3N5O/c19-18(20,21)12-6-8-13(9-7-12)23-17-24-15-4-1-5-16(26(15)25-17)27-11-14-3-2-10-22-14/h1,4-9,14,22H,2-3,10-11H2,(H,23,25). The summed E-state index contributed by atoms with van der Waals surface area (Å²) >= 11 is 0. The summed E-state index contributed by atoms with van der Waals surface area (Å²) < 4.78 is 45.4. The van der Waals surface area contributed by atoms with E-state index < -0.39 is 11.7 Å². The molecule has 142 valence electrons. The van der Waals surface area contributed by atoms with Crippen LogP contribution in [0.2, 0.25) is 0 Å². The Kier molecular flexibility index (Phi) is 4.61. The van der Waals surface area contributed by atoms with Gasteiger partial charge in [-0.3, -0.25) is 0 Å². The molecule has 0 saturated carbocycles. The van der Waals surface area contributed by atoms with Gasteiger partial charge in [0.1, 0.15) is 6.61 Å².